The van der Waals surface area contributed by atoms with E-state index in [9.17, 15) is 9.59 Å². The molecule has 3 aromatic carbocycles. The molecule has 0 radical (unpaired) electrons. The van der Waals surface area contributed by atoms with E-state index in [0.29, 0.717) is 37.6 Å². The molecule has 0 aliphatic heterocycles. The van der Waals surface area contributed by atoms with Crippen LogP contribution in [0.15, 0.2) is 48.5 Å². The number of carbonyl (C=O) groups excluding carboxylic acids is 2. The molecular formula is C38H54O8. The highest BCUT2D eigenvalue weighted by atomic mass is 16.6. The number of carbonyl (C=O) groups is 2. The van der Waals surface area contributed by atoms with E-state index in [2.05, 4.69) is 13.8 Å². The van der Waals surface area contributed by atoms with Crippen molar-refractivity contribution in [2.24, 2.45) is 0 Å². The lowest BCUT2D eigenvalue weighted by Crippen LogP contribution is -2.30. The quantitative estimate of drug-likeness (QED) is 0.0548. The molecule has 0 heterocycles. The van der Waals surface area contributed by atoms with E-state index in [1.54, 1.807) is 0 Å². The molecule has 0 aliphatic carbocycles. The van der Waals surface area contributed by atoms with Gasteiger partial charge in [0.15, 0.2) is 12.2 Å². The second-order valence-corrected chi connectivity index (χ2v) is 11.7. The standard InChI is InChI=1S/C38H54O8/c1-5-9-11-21-35(39)45-29(25-41-23-7-3)27-43-37-31-17-13-15-19-33(31)38(34-20-16-14-18-32(34)37)44-28-30(26-42-24-8-4)46-36(40)22-12-10-6-2/h13-20,29-30H,5-12,21-28H2,1-4H3. The largest absolute Gasteiger partial charge is 0.488 e. The van der Waals surface area contributed by atoms with Crippen molar-refractivity contribution in [3.8, 4) is 11.5 Å². The Labute approximate surface area is 275 Å². The van der Waals surface area contributed by atoms with E-state index in [0.717, 1.165) is 72.9 Å². The molecule has 2 atom stereocenters. The van der Waals surface area contributed by atoms with Crippen molar-refractivity contribution in [1.82, 2.24) is 0 Å². The van der Waals surface area contributed by atoms with Gasteiger partial charge in [-0.2, -0.15) is 0 Å². The fourth-order valence-corrected chi connectivity index (χ4v) is 5.19. The van der Waals surface area contributed by atoms with Gasteiger partial charge in [0, 0.05) is 47.6 Å². The zero-order valence-corrected chi connectivity index (χ0v) is 28.4. The van der Waals surface area contributed by atoms with Crippen molar-refractivity contribution in [1.29, 1.82) is 0 Å². The molecule has 0 saturated heterocycles. The van der Waals surface area contributed by atoms with Gasteiger partial charge in [0.2, 0.25) is 0 Å². The number of ether oxygens (including phenoxy) is 6. The maximum absolute atomic E-state index is 12.6. The number of rotatable bonds is 24. The topological polar surface area (TPSA) is 89.5 Å². The van der Waals surface area contributed by atoms with Crippen LogP contribution in [0.1, 0.15) is 91.9 Å². The first-order valence-electron chi connectivity index (χ1n) is 17.3. The van der Waals surface area contributed by atoms with Crippen LogP contribution in [0.5, 0.6) is 11.5 Å². The zero-order chi connectivity index (χ0) is 33.0. The van der Waals surface area contributed by atoms with Crippen molar-refractivity contribution in [2.75, 3.05) is 39.6 Å². The highest BCUT2D eigenvalue weighted by molar-refractivity contribution is 6.11. The molecule has 0 aromatic heterocycles. The van der Waals surface area contributed by atoms with Gasteiger partial charge in [-0.1, -0.05) is 102 Å². The Bertz CT molecular complexity index is 1170. The van der Waals surface area contributed by atoms with E-state index in [1.165, 1.54) is 0 Å². The summed E-state index contributed by atoms with van der Waals surface area (Å²) in [5, 5.41) is 3.48. The molecule has 0 spiro atoms. The minimum absolute atomic E-state index is 0.155. The molecule has 254 valence electrons. The highest BCUT2D eigenvalue weighted by Crippen LogP contribution is 2.42. The highest BCUT2D eigenvalue weighted by Gasteiger charge is 2.22. The van der Waals surface area contributed by atoms with Crippen LogP contribution in [0.25, 0.3) is 21.5 Å². The third kappa shape index (κ3) is 12.1. The number of hydrogen-bond donors (Lipinski definition) is 0. The SMILES string of the molecule is CCCCCC(=O)OC(COCCC)COc1c2ccccc2c(OCC(COCCC)OC(=O)CCCCC)c2ccccc12. The van der Waals surface area contributed by atoms with Crippen LogP contribution in [0, 0.1) is 0 Å². The predicted molar refractivity (Wildman–Crippen MR) is 183 cm³/mol. The molecular weight excluding hydrogens is 584 g/mol. The summed E-state index contributed by atoms with van der Waals surface area (Å²) in [5.41, 5.74) is 0. The molecule has 8 nitrogen and oxygen atoms in total. The van der Waals surface area contributed by atoms with Gasteiger partial charge in [-0.25, -0.2) is 0 Å². The van der Waals surface area contributed by atoms with Gasteiger partial charge >= 0.3 is 11.9 Å². The lowest BCUT2D eigenvalue weighted by molar-refractivity contribution is -0.155. The smallest absolute Gasteiger partial charge is 0.306 e. The summed E-state index contributed by atoms with van der Waals surface area (Å²) in [5.74, 6) is 0.908. The average Bonchev–Trinajstić information content (AvgIpc) is 3.06. The van der Waals surface area contributed by atoms with Crippen LogP contribution >= 0.6 is 0 Å². The Morgan fingerprint density at radius 1 is 0.522 bits per heavy atom. The summed E-state index contributed by atoms with van der Waals surface area (Å²) < 4.78 is 36.2. The van der Waals surface area contributed by atoms with E-state index in [1.807, 2.05) is 62.4 Å². The summed E-state index contributed by atoms with van der Waals surface area (Å²) in [7, 11) is 0. The molecule has 2 unspecified atom stereocenters. The number of benzene rings is 3. The Morgan fingerprint density at radius 2 is 0.891 bits per heavy atom. The fourth-order valence-electron chi connectivity index (χ4n) is 5.19. The fraction of sp³-hybridized carbons (Fsp3) is 0.579. The van der Waals surface area contributed by atoms with E-state index < -0.39 is 12.2 Å². The molecule has 46 heavy (non-hydrogen) atoms. The Hall–Kier alpha value is -3.36. The lowest BCUT2D eigenvalue weighted by Gasteiger charge is -2.23. The third-order valence-electron chi connectivity index (χ3n) is 7.53. The number of esters is 2. The second kappa shape index (κ2) is 21.4. The van der Waals surface area contributed by atoms with Gasteiger partial charge < -0.3 is 28.4 Å². The van der Waals surface area contributed by atoms with Gasteiger partial charge in [-0.15, -0.1) is 0 Å². The molecule has 0 amide bonds. The Morgan fingerprint density at radius 3 is 1.22 bits per heavy atom. The van der Waals surface area contributed by atoms with Crippen LogP contribution in [0.3, 0.4) is 0 Å². The molecule has 0 bridgehead atoms. The third-order valence-corrected chi connectivity index (χ3v) is 7.53. The summed E-state index contributed by atoms with van der Waals surface area (Å²) in [6.45, 7) is 10.3. The Kier molecular flexibility index (Phi) is 17.3. The molecule has 0 saturated carbocycles. The number of unbranched alkanes of at least 4 members (excludes halogenated alkanes) is 4. The molecule has 3 aromatic rings. The normalized spacial score (nSPS) is 12.6. The lowest BCUT2D eigenvalue weighted by atomic mass is 10.0. The summed E-state index contributed by atoms with van der Waals surface area (Å²) in [4.78, 5) is 25.2. The Balaban J connectivity index is 1.86. The van der Waals surface area contributed by atoms with Gasteiger partial charge in [0.25, 0.3) is 0 Å². The monoisotopic (exact) mass is 638 g/mol. The molecule has 0 fully saturated rings. The predicted octanol–water partition coefficient (Wildman–Crippen LogP) is 8.59. The minimum atomic E-state index is -0.537. The first-order chi connectivity index (χ1) is 22.5. The van der Waals surface area contributed by atoms with Crippen molar-refractivity contribution >= 4 is 33.5 Å². The average molecular weight is 639 g/mol. The van der Waals surface area contributed by atoms with Gasteiger partial charge in [-0.3, -0.25) is 9.59 Å². The van der Waals surface area contributed by atoms with Crippen molar-refractivity contribution in [2.45, 2.75) is 104 Å². The molecule has 8 heteroatoms. The van der Waals surface area contributed by atoms with E-state index in [4.69, 9.17) is 28.4 Å². The molecule has 0 aliphatic rings. The van der Waals surface area contributed by atoms with Crippen molar-refractivity contribution < 1.29 is 38.0 Å². The van der Waals surface area contributed by atoms with Crippen LogP contribution < -0.4 is 9.47 Å². The van der Waals surface area contributed by atoms with Crippen LogP contribution in [0.4, 0.5) is 0 Å². The van der Waals surface area contributed by atoms with Crippen LogP contribution in [0.2, 0.25) is 0 Å². The first kappa shape index (κ1) is 37.1. The summed E-state index contributed by atoms with van der Waals surface area (Å²) >= 11 is 0. The van der Waals surface area contributed by atoms with Crippen molar-refractivity contribution in [3.05, 3.63) is 48.5 Å². The number of hydrogen-bond acceptors (Lipinski definition) is 8. The van der Waals surface area contributed by atoms with Crippen LogP contribution in [-0.2, 0) is 28.5 Å². The van der Waals surface area contributed by atoms with Gasteiger partial charge in [-0.05, 0) is 25.7 Å². The first-order valence-corrected chi connectivity index (χ1v) is 17.3. The van der Waals surface area contributed by atoms with E-state index >= 15 is 0 Å². The number of fused-ring (bicyclic) bond motifs is 2. The summed E-state index contributed by atoms with van der Waals surface area (Å²) in [6.07, 6.45) is 7.10. The maximum Gasteiger partial charge on any atom is 0.306 e. The van der Waals surface area contributed by atoms with Crippen molar-refractivity contribution in [3.63, 3.8) is 0 Å². The minimum Gasteiger partial charge on any atom is -0.488 e. The van der Waals surface area contributed by atoms with Gasteiger partial charge in [0.05, 0.1) is 13.2 Å². The molecule has 0 N–H and O–H groups in total. The zero-order valence-electron chi connectivity index (χ0n) is 28.4. The van der Waals surface area contributed by atoms with Crippen LogP contribution in [-0.4, -0.2) is 63.8 Å². The van der Waals surface area contributed by atoms with Gasteiger partial charge in [0.1, 0.15) is 24.7 Å². The van der Waals surface area contributed by atoms with E-state index in [-0.39, 0.29) is 38.4 Å². The second-order valence-electron chi connectivity index (χ2n) is 11.7. The molecule has 3 rings (SSSR count). The summed E-state index contributed by atoms with van der Waals surface area (Å²) in [6, 6.07) is 15.8. The maximum atomic E-state index is 12.6.